The Balaban J connectivity index is 1.92. The first kappa shape index (κ1) is 15.0. The van der Waals surface area contributed by atoms with Crippen LogP contribution in [0.25, 0.3) is 0 Å². The lowest BCUT2D eigenvalue weighted by Crippen LogP contribution is -2.04. The van der Waals surface area contributed by atoms with E-state index in [0.717, 1.165) is 51.2 Å². The lowest BCUT2D eigenvalue weighted by Gasteiger charge is -2.07. The van der Waals surface area contributed by atoms with Crippen LogP contribution >= 0.6 is 0 Å². The molecule has 0 radical (unpaired) electrons. The molecule has 0 atom stereocenters. The van der Waals surface area contributed by atoms with Crippen LogP contribution in [-0.4, -0.2) is 26.4 Å². The Morgan fingerprint density at radius 1 is 1.00 bits per heavy atom. The lowest BCUT2D eigenvalue weighted by atomic mass is 10.2. The molecular weight excluding hydrogens is 226 g/mol. The second-order valence-electron chi connectivity index (χ2n) is 4.48. The normalized spacial score (nSPS) is 10.6. The molecule has 1 rings (SSSR count). The lowest BCUT2D eigenvalue weighted by molar-refractivity contribution is 0.116. The van der Waals surface area contributed by atoms with Gasteiger partial charge in [-0.2, -0.15) is 0 Å². The van der Waals surface area contributed by atoms with Crippen LogP contribution in [0.2, 0.25) is 0 Å². The van der Waals surface area contributed by atoms with Crippen molar-refractivity contribution in [3.8, 4) is 5.75 Å². The molecule has 0 bridgehead atoms. The van der Waals surface area contributed by atoms with Crippen LogP contribution in [0.1, 0.15) is 31.2 Å². The van der Waals surface area contributed by atoms with E-state index in [4.69, 9.17) is 15.2 Å². The van der Waals surface area contributed by atoms with E-state index in [1.54, 1.807) is 0 Å². The highest BCUT2D eigenvalue weighted by Crippen LogP contribution is 2.12. The summed E-state index contributed by atoms with van der Waals surface area (Å²) in [6.45, 7) is 5.17. The van der Waals surface area contributed by atoms with E-state index in [2.05, 4.69) is 13.0 Å². The Bertz CT molecular complexity index is 315. The Hall–Kier alpha value is -1.06. The highest BCUT2D eigenvalue weighted by molar-refractivity contribution is 5.27. The van der Waals surface area contributed by atoms with E-state index < -0.39 is 0 Å². The predicted molar refractivity (Wildman–Crippen MR) is 75.0 cm³/mol. The fourth-order valence-electron chi connectivity index (χ4n) is 1.68. The van der Waals surface area contributed by atoms with E-state index in [0.29, 0.717) is 6.61 Å². The fourth-order valence-corrected chi connectivity index (χ4v) is 1.68. The van der Waals surface area contributed by atoms with E-state index >= 15 is 0 Å². The SMILES string of the molecule is Cc1cccc(OCCCOCCCCCN)c1. The summed E-state index contributed by atoms with van der Waals surface area (Å²) >= 11 is 0. The number of aryl methyl sites for hydroxylation is 1. The van der Waals surface area contributed by atoms with Gasteiger partial charge in [-0.1, -0.05) is 12.1 Å². The molecule has 1 aromatic carbocycles. The molecule has 18 heavy (non-hydrogen) atoms. The van der Waals surface area contributed by atoms with Gasteiger partial charge in [0, 0.05) is 19.6 Å². The molecule has 0 amide bonds. The molecule has 2 N–H and O–H groups in total. The maximum Gasteiger partial charge on any atom is 0.119 e. The number of rotatable bonds is 10. The third-order valence-corrected chi connectivity index (χ3v) is 2.68. The minimum atomic E-state index is 0.715. The average molecular weight is 251 g/mol. The average Bonchev–Trinajstić information content (AvgIpc) is 2.37. The first-order valence-corrected chi connectivity index (χ1v) is 6.80. The van der Waals surface area contributed by atoms with E-state index in [1.165, 1.54) is 5.56 Å². The van der Waals surface area contributed by atoms with Crippen LogP contribution in [0.4, 0.5) is 0 Å². The summed E-state index contributed by atoms with van der Waals surface area (Å²) in [6, 6.07) is 8.12. The fraction of sp³-hybridized carbons (Fsp3) is 0.600. The standard InChI is InChI=1S/C15H25NO2/c1-14-7-5-8-15(13-14)18-12-6-11-17-10-4-2-3-9-16/h5,7-8,13H,2-4,6,9-12,16H2,1H3. The van der Waals surface area contributed by atoms with Crippen LogP contribution in [-0.2, 0) is 4.74 Å². The van der Waals surface area contributed by atoms with Gasteiger partial charge < -0.3 is 15.2 Å². The van der Waals surface area contributed by atoms with E-state index in [-0.39, 0.29) is 0 Å². The van der Waals surface area contributed by atoms with Crippen molar-refractivity contribution in [3.05, 3.63) is 29.8 Å². The monoisotopic (exact) mass is 251 g/mol. The Kier molecular flexibility index (Phi) is 8.26. The van der Waals surface area contributed by atoms with Crippen LogP contribution in [0, 0.1) is 6.92 Å². The van der Waals surface area contributed by atoms with Crippen LogP contribution in [0.5, 0.6) is 5.75 Å². The molecule has 0 heterocycles. The van der Waals surface area contributed by atoms with Gasteiger partial charge in [0.1, 0.15) is 5.75 Å². The zero-order chi connectivity index (χ0) is 13.1. The smallest absolute Gasteiger partial charge is 0.119 e. The van der Waals surface area contributed by atoms with Gasteiger partial charge in [0.25, 0.3) is 0 Å². The molecule has 3 nitrogen and oxygen atoms in total. The van der Waals surface area contributed by atoms with Gasteiger partial charge in [-0.25, -0.2) is 0 Å². The van der Waals surface area contributed by atoms with Gasteiger partial charge in [-0.15, -0.1) is 0 Å². The summed E-state index contributed by atoms with van der Waals surface area (Å²) < 4.78 is 11.2. The number of unbranched alkanes of at least 4 members (excludes halogenated alkanes) is 2. The van der Waals surface area contributed by atoms with Crippen LogP contribution in [0.3, 0.4) is 0 Å². The molecule has 0 unspecified atom stereocenters. The molecule has 0 saturated carbocycles. The highest BCUT2D eigenvalue weighted by atomic mass is 16.5. The zero-order valence-electron chi connectivity index (χ0n) is 11.4. The van der Waals surface area contributed by atoms with Gasteiger partial charge in [0.05, 0.1) is 6.61 Å². The predicted octanol–water partition coefficient (Wildman–Crippen LogP) is 2.91. The third-order valence-electron chi connectivity index (χ3n) is 2.68. The van der Waals surface area contributed by atoms with Gasteiger partial charge in [0.2, 0.25) is 0 Å². The van der Waals surface area contributed by atoms with Crippen molar-refractivity contribution in [2.24, 2.45) is 5.73 Å². The Labute approximate surface area is 110 Å². The summed E-state index contributed by atoms with van der Waals surface area (Å²) in [5.41, 5.74) is 6.64. The van der Waals surface area contributed by atoms with Crippen molar-refractivity contribution in [1.29, 1.82) is 0 Å². The molecule has 102 valence electrons. The van der Waals surface area contributed by atoms with Crippen molar-refractivity contribution in [3.63, 3.8) is 0 Å². The summed E-state index contributed by atoms with van der Waals surface area (Å²) in [5, 5.41) is 0. The summed E-state index contributed by atoms with van der Waals surface area (Å²) in [4.78, 5) is 0. The molecule has 0 aliphatic carbocycles. The Morgan fingerprint density at radius 3 is 2.61 bits per heavy atom. The quantitative estimate of drug-likeness (QED) is 0.650. The minimum Gasteiger partial charge on any atom is -0.493 e. The first-order chi connectivity index (χ1) is 8.83. The molecule has 0 aliphatic heterocycles. The van der Waals surface area contributed by atoms with Crippen LogP contribution in [0.15, 0.2) is 24.3 Å². The summed E-state index contributed by atoms with van der Waals surface area (Å²) in [5.74, 6) is 0.943. The summed E-state index contributed by atoms with van der Waals surface area (Å²) in [6.07, 6.45) is 4.30. The second kappa shape index (κ2) is 9.92. The maximum absolute atomic E-state index is 5.64. The molecule has 0 spiro atoms. The Morgan fingerprint density at radius 2 is 1.83 bits per heavy atom. The van der Waals surface area contributed by atoms with Gasteiger partial charge in [-0.05, 0) is 50.4 Å². The molecule has 1 aromatic rings. The molecule has 0 saturated heterocycles. The molecule has 0 fully saturated rings. The van der Waals surface area contributed by atoms with Gasteiger partial charge in [-0.3, -0.25) is 0 Å². The van der Waals surface area contributed by atoms with Gasteiger partial charge >= 0.3 is 0 Å². The van der Waals surface area contributed by atoms with Crippen molar-refractivity contribution in [2.75, 3.05) is 26.4 Å². The number of nitrogens with two attached hydrogens (primary N) is 1. The maximum atomic E-state index is 5.64. The van der Waals surface area contributed by atoms with E-state index in [9.17, 15) is 0 Å². The molecule has 0 aliphatic rings. The first-order valence-electron chi connectivity index (χ1n) is 6.80. The summed E-state index contributed by atoms with van der Waals surface area (Å²) in [7, 11) is 0. The number of benzene rings is 1. The second-order valence-corrected chi connectivity index (χ2v) is 4.48. The molecule has 0 aromatic heterocycles. The van der Waals surface area contributed by atoms with E-state index in [1.807, 2.05) is 18.2 Å². The number of hydrogen-bond acceptors (Lipinski definition) is 3. The van der Waals surface area contributed by atoms with Gasteiger partial charge in [0.15, 0.2) is 0 Å². The van der Waals surface area contributed by atoms with Crippen molar-refractivity contribution >= 4 is 0 Å². The zero-order valence-corrected chi connectivity index (χ0v) is 11.4. The largest absolute Gasteiger partial charge is 0.493 e. The van der Waals surface area contributed by atoms with Crippen LogP contribution < -0.4 is 10.5 Å². The minimum absolute atomic E-state index is 0.715. The molecular formula is C15H25NO2. The highest BCUT2D eigenvalue weighted by Gasteiger charge is 1.94. The number of ether oxygens (including phenoxy) is 2. The topological polar surface area (TPSA) is 44.5 Å². The third kappa shape index (κ3) is 7.30. The number of hydrogen-bond donors (Lipinski definition) is 1. The van der Waals surface area contributed by atoms with Crippen molar-refractivity contribution in [2.45, 2.75) is 32.6 Å². The van der Waals surface area contributed by atoms with Crippen molar-refractivity contribution in [1.82, 2.24) is 0 Å². The van der Waals surface area contributed by atoms with Crippen molar-refractivity contribution < 1.29 is 9.47 Å². The molecule has 3 heteroatoms.